The van der Waals surface area contributed by atoms with Crippen LogP contribution in [0.3, 0.4) is 0 Å². The molecule has 0 amide bonds. The predicted octanol–water partition coefficient (Wildman–Crippen LogP) is 0.294. The van der Waals surface area contributed by atoms with Crippen molar-refractivity contribution in [2.24, 2.45) is 14.1 Å². The molecule has 1 aliphatic rings. The molecule has 0 bridgehead atoms. The lowest BCUT2D eigenvalue weighted by atomic mass is 9.98. The highest BCUT2D eigenvalue weighted by atomic mass is 16.5. The molecule has 3 rings (SSSR count). The summed E-state index contributed by atoms with van der Waals surface area (Å²) in [6.45, 7) is 3.36. The highest BCUT2D eigenvalue weighted by Gasteiger charge is 2.29. The second-order valence-corrected chi connectivity index (χ2v) is 5.39. The molecule has 2 aromatic rings. The second-order valence-electron chi connectivity index (χ2n) is 5.39. The first-order chi connectivity index (χ1) is 9.67. The smallest absolute Gasteiger partial charge is 0.100 e. The number of ether oxygens (including phenoxy) is 1. The molecule has 0 saturated heterocycles. The molecule has 0 aromatic carbocycles. The van der Waals surface area contributed by atoms with Gasteiger partial charge in [0.1, 0.15) is 5.69 Å². The zero-order valence-electron chi connectivity index (χ0n) is 12.2. The first-order valence-electron chi connectivity index (χ1n) is 6.74. The van der Waals surface area contributed by atoms with Crippen molar-refractivity contribution in [2.45, 2.75) is 19.0 Å². The second kappa shape index (κ2) is 5.34. The largest absolute Gasteiger partial charge is 0.384 e. The van der Waals surface area contributed by atoms with E-state index < -0.39 is 0 Å². The molecule has 1 aliphatic heterocycles. The molecular weight excluding hydrogens is 256 g/mol. The Kier molecular flexibility index (Phi) is 3.54. The van der Waals surface area contributed by atoms with Crippen molar-refractivity contribution in [3.05, 3.63) is 29.3 Å². The number of nitrogens with zero attached hydrogens (tertiary/aromatic N) is 6. The SMILES string of the molecule is COC[C@@H]1CN(Cc2cnn(C)c2)Cc2nnn(C)c21. The van der Waals surface area contributed by atoms with E-state index in [9.17, 15) is 0 Å². The molecular formula is C13H20N6O. The lowest BCUT2D eigenvalue weighted by Crippen LogP contribution is -2.35. The van der Waals surface area contributed by atoms with Crippen LogP contribution in [0.2, 0.25) is 0 Å². The molecule has 0 radical (unpaired) electrons. The van der Waals surface area contributed by atoms with E-state index >= 15 is 0 Å². The van der Waals surface area contributed by atoms with Gasteiger partial charge in [0.25, 0.3) is 0 Å². The maximum Gasteiger partial charge on any atom is 0.100 e. The van der Waals surface area contributed by atoms with Crippen molar-refractivity contribution < 1.29 is 4.74 Å². The molecule has 3 heterocycles. The number of methoxy groups -OCH3 is 1. The summed E-state index contributed by atoms with van der Waals surface area (Å²) in [5.74, 6) is 0.320. The third-order valence-corrected chi connectivity index (χ3v) is 3.71. The minimum atomic E-state index is 0.320. The summed E-state index contributed by atoms with van der Waals surface area (Å²) >= 11 is 0. The number of aromatic nitrogens is 5. The van der Waals surface area contributed by atoms with E-state index in [-0.39, 0.29) is 0 Å². The van der Waals surface area contributed by atoms with Crippen molar-refractivity contribution in [3.63, 3.8) is 0 Å². The monoisotopic (exact) mass is 276 g/mol. The first kappa shape index (κ1) is 13.3. The maximum absolute atomic E-state index is 5.35. The van der Waals surface area contributed by atoms with E-state index in [4.69, 9.17) is 4.74 Å². The molecule has 0 unspecified atom stereocenters. The van der Waals surface area contributed by atoms with E-state index in [1.54, 1.807) is 7.11 Å². The van der Waals surface area contributed by atoms with Crippen LogP contribution in [0, 0.1) is 0 Å². The van der Waals surface area contributed by atoms with Gasteiger partial charge in [0.15, 0.2) is 0 Å². The lowest BCUT2D eigenvalue weighted by Gasteiger charge is -2.31. The van der Waals surface area contributed by atoms with E-state index in [2.05, 4.69) is 26.5 Å². The van der Waals surface area contributed by atoms with Gasteiger partial charge in [-0.2, -0.15) is 5.10 Å². The van der Waals surface area contributed by atoms with Gasteiger partial charge < -0.3 is 4.74 Å². The fourth-order valence-corrected chi connectivity index (χ4v) is 2.96. The number of hydrogen-bond donors (Lipinski definition) is 0. The van der Waals surface area contributed by atoms with Crippen LogP contribution in [0.25, 0.3) is 0 Å². The first-order valence-corrected chi connectivity index (χ1v) is 6.74. The van der Waals surface area contributed by atoms with E-state index in [0.717, 1.165) is 25.3 Å². The molecule has 0 spiro atoms. The van der Waals surface area contributed by atoms with Gasteiger partial charge in [-0.25, -0.2) is 0 Å². The average molecular weight is 276 g/mol. The number of rotatable bonds is 4. The Bertz CT molecular complexity index is 589. The van der Waals surface area contributed by atoms with E-state index in [0.29, 0.717) is 12.5 Å². The van der Waals surface area contributed by atoms with Crippen LogP contribution >= 0.6 is 0 Å². The molecule has 0 fully saturated rings. The fourth-order valence-electron chi connectivity index (χ4n) is 2.96. The van der Waals surface area contributed by atoms with Gasteiger partial charge >= 0.3 is 0 Å². The molecule has 0 saturated carbocycles. The minimum Gasteiger partial charge on any atom is -0.384 e. The highest BCUT2D eigenvalue weighted by Crippen LogP contribution is 2.27. The Labute approximate surface area is 118 Å². The Balaban J connectivity index is 1.79. The summed E-state index contributed by atoms with van der Waals surface area (Å²) in [6, 6.07) is 0. The molecule has 108 valence electrons. The van der Waals surface area contributed by atoms with Crippen LogP contribution in [-0.2, 0) is 31.9 Å². The van der Waals surface area contributed by atoms with Crippen molar-refractivity contribution in [1.82, 2.24) is 29.7 Å². The van der Waals surface area contributed by atoms with E-state index in [1.165, 1.54) is 11.3 Å². The molecule has 0 N–H and O–H groups in total. The van der Waals surface area contributed by atoms with Crippen LogP contribution < -0.4 is 0 Å². The molecule has 20 heavy (non-hydrogen) atoms. The predicted molar refractivity (Wildman–Crippen MR) is 72.9 cm³/mol. The standard InChI is InChI=1S/C13H20N6O/c1-17-5-10(4-14-17)6-19-7-11(9-20-3)13-12(8-19)15-16-18(13)2/h4-5,11H,6-9H2,1-3H3/t11-/m0/s1. The molecule has 1 atom stereocenters. The Morgan fingerprint density at radius 3 is 2.95 bits per heavy atom. The summed E-state index contributed by atoms with van der Waals surface area (Å²) < 4.78 is 9.06. The highest BCUT2D eigenvalue weighted by molar-refractivity contribution is 5.20. The Hall–Kier alpha value is -1.73. The van der Waals surface area contributed by atoms with Gasteiger partial charge in [0.2, 0.25) is 0 Å². The van der Waals surface area contributed by atoms with Crippen molar-refractivity contribution >= 4 is 0 Å². The number of hydrogen-bond acceptors (Lipinski definition) is 5. The summed E-state index contributed by atoms with van der Waals surface area (Å²) in [5.41, 5.74) is 3.48. The zero-order valence-corrected chi connectivity index (χ0v) is 12.2. The van der Waals surface area contributed by atoms with Gasteiger partial charge in [-0.3, -0.25) is 14.3 Å². The third-order valence-electron chi connectivity index (χ3n) is 3.71. The van der Waals surface area contributed by atoms with Gasteiger partial charge in [0.05, 0.1) is 18.5 Å². The molecule has 0 aliphatic carbocycles. The van der Waals surface area contributed by atoms with Crippen LogP contribution in [-0.4, -0.2) is 49.9 Å². The van der Waals surface area contributed by atoms with Crippen LogP contribution in [0.15, 0.2) is 12.4 Å². The van der Waals surface area contributed by atoms with Crippen molar-refractivity contribution in [1.29, 1.82) is 0 Å². The summed E-state index contributed by atoms with van der Waals surface area (Å²) in [4.78, 5) is 2.37. The number of fused-ring (bicyclic) bond motifs is 1. The van der Waals surface area contributed by atoms with E-state index in [1.807, 2.05) is 29.7 Å². The summed E-state index contributed by atoms with van der Waals surface area (Å²) in [5, 5.41) is 12.6. The normalized spacial score (nSPS) is 19.2. The Morgan fingerprint density at radius 1 is 1.40 bits per heavy atom. The maximum atomic E-state index is 5.35. The fraction of sp³-hybridized carbons (Fsp3) is 0.615. The minimum absolute atomic E-state index is 0.320. The van der Waals surface area contributed by atoms with Crippen molar-refractivity contribution in [3.8, 4) is 0 Å². The molecule has 2 aromatic heterocycles. The van der Waals surface area contributed by atoms with Gasteiger partial charge in [-0.05, 0) is 0 Å². The van der Waals surface area contributed by atoms with Gasteiger partial charge in [0, 0.05) is 58.5 Å². The van der Waals surface area contributed by atoms with Crippen LogP contribution in [0.5, 0.6) is 0 Å². The molecule has 7 heteroatoms. The van der Waals surface area contributed by atoms with Gasteiger partial charge in [-0.15, -0.1) is 5.10 Å². The summed E-state index contributed by atoms with van der Waals surface area (Å²) in [6.07, 6.45) is 3.97. The number of aryl methyl sites for hydroxylation is 2. The van der Waals surface area contributed by atoms with Crippen LogP contribution in [0.4, 0.5) is 0 Å². The lowest BCUT2D eigenvalue weighted by molar-refractivity contribution is 0.132. The topological polar surface area (TPSA) is 61.0 Å². The van der Waals surface area contributed by atoms with Crippen molar-refractivity contribution in [2.75, 3.05) is 20.3 Å². The molecule has 7 nitrogen and oxygen atoms in total. The van der Waals surface area contributed by atoms with Gasteiger partial charge in [-0.1, -0.05) is 5.21 Å². The third kappa shape index (κ3) is 2.46. The average Bonchev–Trinajstić information content (AvgIpc) is 2.97. The zero-order chi connectivity index (χ0) is 14.1. The quantitative estimate of drug-likeness (QED) is 0.803. The Morgan fingerprint density at radius 2 is 2.25 bits per heavy atom. The van der Waals surface area contributed by atoms with Crippen LogP contribution in [0.1, 0.15) is 22.9 Å². The summed E-state index contributed by atoms with van der Waals surface area (Å²) in [7, 11) is 5.63.